The Bertz CT molecular complexity index is 962. The van der Waals surface area contributed by atoms with Crippen molar-refractivity contribution in [2.75, 3.05) is 19.0 Å². The number of anilines is 1. The maximum atomic E-state index is 12.3. The van der Waals surface area contributed by atoms with Gasteiger partial charge in [0.25, 0.3) is 5.91 Å². The van der Waals surface area contributed by atoms with Gasteiger partial charge in [-0.1, -0.05) is 24.3 Å². The highest BCUT2D eigenvalue weighted by Gasteiger charge is 2.14. The van der Waals surface area contributed by atoms with Crippen LogP contribution in [0, 0.1) is 0 Å². The second-order valence-electron chi connectivity index (χ2n) is 6.47. The summed E-state index contributed by atoms with van der Waals surface area (Å²) in [4.78, 5) is 27.7. The summed E-state index contributed by atoms with van der Waals surface area (Å²) in [5.41, 5.74) is 2.98. The Morgan fingerprint density at radius 1 is 1.17 bits per heavy atom. The van der Waals surface area contributed by atoms with E-state index in [1.807, 2.05) is 17.5 Å². The molecule has 0 atom stereocenters. The summed E-state index contributed by atoms with van der Waals surface area (Å²) in [6.07, 6.45) is 1.79. The fourth-order valence-electron chi connectivity index (χ4n) is 2.74. The van der Waals surface area contributed by atoms with Crippen molar-refractivity contribution >= 4 is 28.3 Å². The summed E-state index contributed by atoms with van der Waals surface area (Å²) in [5.74, 6) is 0.462. The molecule has 0 unspecified atom stereocenters. The van der Waals surface area contributed by atoms with Crippen LogP contribution in [0.2, 0.25) is 0 Å². The fraction of sp³-hybridized carbons (Fsp3) is 0.286. The molecule has 3 aromatic rings. The van der Waals surface area contributed by atoms with Crippen molar-refractivity contribution < 1.29 is 18.7 Å². The number of thiazole rings is 1. The van der Waals surface area contributed by atoms with Gasteiger partial charge in [0.2, 0.25) is 5.91 Å². The Labute approximate surface area is 173 Å². The van der Waals surface area contributed by atoms with E-state index in [0.29, 0.717) is 24.0 Å². The Morgan fingerprint density at radius 3 is 2.69 bits per heavy atom. The number of carbonyl (C=O) groups excluding carboxylic acids is 2. The number of hydrogen-bond donors (Lipinski definition) is 2. The van der Waals surface area contributed by atoms with Crippen molar-refractivity contribution in [1.82, 2.24) is 10.3 Å². The van der Waals surface area contributed by atoms with Gasteiger partial charge in [0.1, 0.15) is 12.4 Å². The summed E-state index contributed by atoms with van der Waals surface area (Å²) in [6.45, 7) is 2.51. The first-order chi connectivity index (χ1) is 14.0. The molecule has 152 valence electrons. The van der Waals surface area contributed by atoms with E-state index in [1.165, 1.54) is 23.8 Å². The fourth-order valence-corrected chi connectivity index (χ4v) is 3.46. The third kappa shape index (κ3) is 6.00. The molecule has 0 saturated carbocycles. The molecular weight excluding hydrogens is 390 g/mol. The van der Waals surface area contributed by atoms with Crippen LogP contribution in [0.3, 0.4) is 0 Å². The van der Waals surface area contributed by atoms with E-state index >= 15 is 0 Å². The van der Waals surface area contributed by atoms with Crippen LogP contribution in [0.25, 0.3) is 11.3 Å². The number of ether oxygens (including phenoxy) is 1. The SMILES string of the molecule is COCc1ccc(C(=O)Nc2nc(-c3ccc(CCCNC(C)=O)cc3)cs2)o1. The molecule has 0 bridgehead atoms. The quantitative estimate of drug-likeness (QED) is 0.520. The lowest BCUT2D eigenvalue weighted by molar-refractivity contribution is -0.118. The van der Waals surface area contributed by atoms with Gasteiger partial charge in [-0.05, 0) is 30.5 Å². The number of hydrogen-bond acceptors (Lipinski definition) is 6. The predicted molar refractivity (Wildman–Crippen MR) is 112 cm³/mol. The third-order valence-electron chi connectivity index (χ3n) is 4.16. The lowest BCUT2D eigenvalue weighted by Gasteiger charge is -2.04. The summed E-state index contributed by atoms with van der Waals surface area (Å²) < 4.78 is 10.4. The molecule has 0 spiro atoms. The van der Waals surface area contributed by atoms with Crippen LogP contribution in [0.1, 0.15) is 35.2 Å². The van der Waals surface area contributed by atoms with E-state index in [4.69, 9.17) is 9.15 Å². The molecule has 0 radical (unpaired) electrons. The molecule has 7 nitrogen and oxygen atoms in total. The molecule has 0 aliphatic rings. The lowest BCUT2D eigenvalue weighted by Crippen LogP contribution is -2.21. The van der Waals surface area contributed by atoms with Crippen LogP contribution in [-0.2, 0) is 22.6 Å². The topological polar surface area (TPSA) is 93.5 Å². The number of carbonyl (C=O) groups is 2. The van der Waals surface area contributed by atoms with Gasteiger partial charge in [0, 0.05) is 31.5 Å². The summed E-state index contributed by atoms with van der Waals surface area (Å²) in [6, 6.07) is 11.5. The first-order valence-electron chi connectivity index (χ1n) is 9.23. The zero-order valence-corrected chi connectivity index (χ0v) is 17.2. The monoisotopic (exact) mass is 413 g/mol. The molecule has 2 amide bonds. The Morgan fingerprint density at radius 2 is 1.97 bits per heavy atom. The minimum absolute atomic E-state index is 0.00533. The van der Waals surface area contributed by atoms with E-state index in [0.717, 1.165) is 24.1 Å². The Balaban J connectivity index is 1.56. The number of rotatable bonds is 9. The molecule has 2 N–H and O–H groups in total. The molecular formula is C21H23N3O4S. The zero-order valence-electron chi connectivity index (χ0n) is 16.4. The molecule has 0 aliphatic heterocycles. The van der Waals surface area contributed by atoms with Gasteiger partial charge in [-0.3, -0.25) is 14.9 Å². The number of aryl methyl sites for hydroxylation is 1. The number of aromatic nitrogens is 1. The zero-order chi connectivity index (χ0) is 20.6. The first kappa shape index (κ1) is 20.8. The second kappa shape index (κ2) is 9.99. The average molecular weight is 413 g/mol. The molecule has 3 rings (SSSR count). The van der Waals surface area contributed by atoms with Crippen LogP contribution in [0.5, 0.6) is 0 Å². The van der Waals surface area contributed by atoms with E-state index in [9.17, 15) is 9.59 Å². The lowest BCUT2D eigenvalue weighted by atomic mass is 10.1. The van der Waals surface area contributed by atoms with Crippen LogP contribution in [0.15, 0.2) is 46.2 Å². The normalized spacial score (nSPS) is 10.7. The molecule has 2 aromatic heterocycles. The average Bonchev–Trinajstić information content (AvgIpc) is 3.36. The van der Waals surface area contributed by atoms with Crippen molar-refractivity contribution in [2.24, 2.45) is 0 Å². The molecule has 29 heavy (non-hydrogen) atoms. The highest BCUT2D eigenvalue weighted by molar-refractivity contribution is 7.14. The number of benzene rings is 1. The number of nitrogens with zero attached hydrogens (tertiary/aromatic N) is 1. The Kier molecular flexibility index (Phi) is 7.15. The largest absolute Gasteiger partial charge is 0.453 e. The number of nitrogens with one attached hydrogen (secondary N) is 2. The van der Waals surface area contributed by atoms with Crippen LogP contribution in [0.4, 0.5) is 5.13 Å². The van der Waals surface area contributed by atoms with Crippen molar-refractivity contribution in [3.05, 3.63) is 58.9 Å². The standard InChI is InChI=1S/C21H23N3O4S/c1-14(25)22-11-3-4-15-5-7-16(8-6-15)18-13-29-21(23-18)24-20(26)19-10-9-17(28-19)12-27-2/h5-10,13H,3-4,11-12H2,1-2H3,(H,22,25)(H,23,24,26). The van der Waals surface area contributed by atoms with Crippen molar-refractivity contribution in [2.45, 2.75) is 26.4 Å². The van der Waals surface area contributed by atoms with Crippen molar-refractivity contribution in [3.8, 4) is 11.3 Å². The summed E-state index contributed by atoms with van der Waals surface area (Å²) >= 11 is 1.36. The van der Waals surface area contributed by atoms with Gasteiger partial charge < -0.3 is 14.5 Å². The van der Waals surface area contributed by atoms with Crippen LogP contribution in [-0.4, -0.2) is 30.5 Å². The first-order valence-corrected chi connectivity index (χ1v) is 10.1. The number of furan rings is 1. The van der Waals surface area contributed by atoms with Gasteiger partial charge in [-0.2, -0.15) is 0 Å². The van der Waals surface area contributed by atoms with E-state index in [2.05, 4.69) is 27.8 Å². The molecule has 0 saturated heterocycles. The third-order valence-corrected chi connectivity index (χ3v) is 4.92. The van der Waals surface area contributed by atoms with Crippen molar-refractivity contribution in [3.63, 3.8) is 0 Å². The maximum absolute atomic E-state index is 12.3. The van der Waals surface area contributed by atoms with Gasteiger partial charge in [0.15, 0.2) is 10.9 Å². The molecule has 0 fully saturated rings. The second-order valence-corrected chi connectivity index (χ2v) is 7.33. The highest BCUT2D eigenvalue weighted by atomic mass is 32.1. The highest BCUT2D eigenvalue weighted by Crippen LogP contribution is 2.26. The molecule has 8 heteroatoms. The summed E-state index contributed by atoms with van der Waals surface area (Å²) in [7, 11) is 1.57. The van der Waals surface area contributed by atoms with E-state index in [1.54, 1.807) is 19.2 Å². The minimum Gasteiger partial charge on any atom is -0.453 e. The molecule has 0 aliphatic carbocycles. The smallest absolute Gasteiger partial charge is 0.293 e. The Hall–Kier alpha value is -2.97. The van der Waals surface area contributed by atoms with Gasteiger partial charge in [-0.25, -0.2) is 4.98 Å². The van der Waals surface area contributed by atoms with Gasteiger partial charge in [-0.15, -0.1) is 11.3 Å². The van der Waals surface area contributed by atoms with E-state index in [-0.39, 0.29) is 17.6 Å². The van der Waals surface area contributed by atoms with Gasteiger partial charge >= 0.3 is 0 Å². The summed E-state index contributed by atoms with van der Waals surface area (Å²) in [5, 5.41) is 7.96. The van der Waals surface area contributed by atoms with Crippen LogP contribution < -0.4 is 10.6 Å². The number of methoxy groups -OCH3 is 1. The molecule has 2 heterocycles. The van der Waals surface area contributed by atoms with Gasteiger partial charge in [0.05, 0.1) is 5.69 Å². The predicted octanol–water partition coefficient (Wildman–Crippen LogP) is 3.87. The van der Waals surface area contributed by atoms with Crippen molar-refractivity contribution in [1.29, 1.82) is 0 Å². The van der Waals surface area contributed by atoms with E-state index < -0.39 is 0 Å². The minimum atomic E-state index is -0.345. The molecule has 1 aromatic carbocycles. The number of amides is 2. The maximum Gasteiger partial charge on any atom is 0.293 e. The van der Waals surface area contributed by atoms with Crippen LogP contribution >= 0.6 is 11.3 Å².